The largest absolute Gasteiger partial charge is 0.390 e. The summed E-state index contributed by atoms with van der Waals surface area (Å²) in [5.74, 6) is 0. The smallest absolute Gasteiger partial charge is 0.323 e. The molecule has 1 aliphatic rings. The molecule has 0 atom stereocenters. The molecule has 0 saturated carbocycles. The van der Waals surface area contributed by atoms with Gasteiger partial charge in [-0.3, -0.25) is 4.90 Å². The van der Waals surface area contributed by atoms with Crippen LogP contribution in [0.25, 0.3) is 0 Å². The Kier molecular flexibility index (Phi) is 3.42. The fraction of sp³-hybridized carbons (Fsp3) is 1.00. The topological polar surface area (TPSA) is 29.3 Å². The number of likely N-dealkylation sites (tertiary alicyclic amines) is 1. The molecular weight excluding hydrogens is 193 g/mol. The molecule has 5 heteroatoms. The van der Waals surface area contributed by atoms with Crippen LogP contribution in [0.1, 0.15) is 26.2 Å². The molecule has 1 fully saturated rings. The Hall–Kier alpha value is -0.290. The lowest BCUT2D eigenvalue weighted by atomic mass is 9.86. The maximum Gasteiger partial charge on any atom is 0.390 e. The van der Waals surface area contributed by atoms with Gasteiger partial charge < -0.3 is 5.73 Å². The minimum Gasteiger partial charge on any atom is -0.323 e. The van der Waals surface area contributed by atoms with Gasteiger partial charge in [-0.25, -0.2) is 0 Å². The molecular formula is C9H17F3N2. The lowest BCUT2D eigenvalue weighted by Crippen LogP contribution is -2.67. The zero-order valence-corrected chi connectivity index (χ0v) is 8.40. The highest BCUT2D eigenvalue weighted by Crippen LogP contribution is 2.26. The molecule has 84 valence electrons. The van der Waals surface area contributed by atoms with Crippen LogP contribution in [0.4, 0.5) is 13.2 Å². The van der Waals surface area contributed by atoms with E-state index in [-0.39, 0.29) is 12.1 Å². The Bertz CT molecular complexity index is 185. The minimum absolute atomic E-state index is 0.0894. The van der Waals surface area contributed by atoms with Gasteiger partial charge in [0, 0.05) is 25.2 Å². The number of alkyl halides is 3. The first-order chi connectivity index (χ1) is 6.35. The van der Waals surface area contributed by atoms with Gasteiger partial charge in [0.2, 0.25) is 0 Å². The lowest BCUT2D eigenvalue weighted by Gasteiger charge is -2.48. The van der Waals surface area contributed by atoms with Gasteiger partial charge in [0.1, 0.15) is 0 Å². The van der Waals surface area contributed by atoms with E-state index in [0.29, 0.717) is 13.1 Å². The number of hydrogen-bond donors (Lipinski definition) is 1. The standard InChI is InChI=1S/C9H17F3N2/c1-2-3-8(13)6-14(7-8)5-4-9(10,11)12/h2-7,13H2,1H3. The molecule has 0 aromatic heterocycles. The Balaban J connectivity index is 2.16. The Labute approximate surface area is 82.2 Å². The maximum atomic E-state index is 11.9. The molecule has 1 heterocycles. The summed E-state index contributed by atoms with van der Waals surface area (Å²) in [5.41, 5.74) is 5.70. The van der Waals surface area contributed by atoms with Crippen molar-refractivity contribution in [2.24, 2.45) is 5.73 Å². The third kappa shape index (κ3) is 3.46. The first kappa shape index (κ1) is 11.8. The van der Waals surface area contributed by atoms with Gasteiger partial charge in [-0.1, -0.05) is 13.3 Å². The van der Waals surface area contributed by atoms with E-state index in [2.05, 4.69) is 0 Å². The Morgan fingerprint density at radius 3 is 2.36 bits per heavy atom. The normalized spacial score (nSPS) is 22.1. The van der Waals surface area contributed by atoms with Crippen LogP contribution < -0.4 is 5.73 Å². The number of nitrogens with zero attached hydrogens (tertiary/aromatic N) is 1. The second-order valence-corrected chi connectivity index (χ2v) is 4.19. The summed E-state index contributed by atoms with van der Waals surface area (Å²) in [7, 11) is 0. The van der Waals surface area contributed by atoms with Crippen molar-refractivity contribution < 1.29 is 13.2 Å². The van der Waals surface area contributed by atoms with Crippen LogP contribution in [0.3, 0.4) is 0 Å². The van der Waals surface area contributed by atoms with Gasteiger partial charge in [0.15, 0.2) is 0 Å². The predicted molar refractivity (Wildman–Crippen MR) is 48.9 cm³/mol. The summed E-state index contributed by atoms with van der Waals surface area (Å²) in [6.45, 7) is 3.34. The van der Waals surface area contributed by atoms with Crippen molar-refractivity contribution in [3.05, 3.63) is 0 Å². The molecule has 1 rings (SSSR count). The highest BCUT2D eigenvalue weighted by molar-refractivity contribution is 4.99. The summed E-state index contributed by atoms with van der Waals surface area (Å²) in [5, 5.41) is 0. The van der Waals surface area contributed by atoms with E-state index >= 15 is 0 Å². The van der Waals surface area contributed by atoms with Crippen molar-refractivity contribution in [2.45, 2.75) is 37.9 Å². The molecule has 0 bridgehead atoms. The molecule has 0 spiro atoms. The predicted octanol–water partition coefficient (Wildman–Crippen LogP) is 1.75. The fourth-order valence-electron chi connectivity index (χ4n) is 1.94. The number of rotatable bonds is 4. The number of halogens is 3. The van der Waals surface area contributed by atoms with Crippen LogP contribution in [0.2, 0.25) is 0 Å². The van der Waals surface area contributed by atoms with Gasteiger partial charge in [-0.05, 0) is 6.42 Å². The number of hydrogen-bond acceptors (Lipinski definition) is 2. The van der Waals surface area contributed by atoms with Crippen LogP contribution in [-0.2, 0) is 0 Å². The van der Waals surface area contributed by atoms with Crippen LogP contribution in [0.15, 0.2) is 0 Å². The Morgan fingerprint density at radius 2 is 1.93 bits per heavy atom. The SMILES string of the molecule is CCCC1(N)CN(CCC(F)(F)F)C1. The fourth-order valence-corrected chi connectivity index (χ4v) is 1.94. The molecule has 0 aliphatic carbocycles. The van der Waals surface area contributed by atoms with E-state index in [9.17, 15) is 13.2 Å². The van der Waals surface area contributed by atoms with Gasteiger partial charge >= 0.3 is 6.18 Å². The van der Waals surface area contributed by atoms with Crippen molar-refractivity contribution in [1.82, 2.24) is 4.90 Å². The zero-order valence-electron chi connectivity index (χ0n) is 8.40. The molecule has 0 amide bonds. The monoisotopic (exact) mass is 210 g/mol. The van der Waals surface area contributed by atoms with E-state index in [0.717, 1.165) is 12.8 Å². The van der Waals surface area contributed by atoms with Crippen molar-refractivity contribution >= 4 is 0 Å². The van der Waals surface area contributed by atoms with Crippen LogP contribution >= 0.6 is 0 Å². The van der Waals surface area contributed by atoms with Crippen molar-refractivity contribution in [3.63, 3.8) is 0 Å². The van der Waals surface area contributed by atoms with Crippen LogP contribution in [0, 0.1) is 0 Å². The minimum atomic E-state index is -4.04. The van der Waals surface area contributed by atoms with E-state index in [1.807, 2.05) is 6.92 Å². The van der Waals surface area contributed by atoms with Crippen LogP contribution in [0.5, 0.6) is 0 Å². The summed E-state index contributed by atoms with van der Waals surface area (Å²) in [4.78, 5) is 1.77. The average Bonchev–Trinajstić information content (AvgIpc) is 1.95. The first-order valence-corrected chi connectivity index (χ1v) is 4.93. The van der Waals surface area contributed by atoms with Gasteiger partial charge in [0.05, 0.1) is 6.42 Å². The Morgan fingerprint density at radius 1 is 1.36 bits per heavy atom. The zero-order chi connectivity index (χ0) is 10.8. The van der Waals surface area contributed by atoms with E-state index < -0.39 is 12.6 Å². The molecule has 0 aromatic carbocycles. The summed E-state index contributed by atoms with van der Waals surface area (Å²) in [6.07, 6.45) is -2.88. The molecule has 0 unspecified atom stereocenters. The molecule has 0 radical (unpaired) electrons. The summed E-state index contributed by atoms with van der Waals surface area (Å²) < 4.78 is 35.6. The lowest BCUT2D eigenvalue weighted by molar-refractivity contribution is -0.142. The van der Waals surface area contributed by atoms with E-state index in [4.69, 9.17) is 5.73 Å². The summed E-state index contributed by atoms with van der Waals surface area (Å²) in [6, 6.07) is 0. The summed E-state index contributed by atoms with van der Waals surface area (Å²) >= 11 is 0. The van der Waals surface area contributed by atoms with Crippen LogP contribution in [-0.4, -0.2) is 36.2 Å². The van der Waals surface area contributed by atoms with Gasteiger partial charge in [0.25, 0.3) is 0 Å². The quantitative estimate of drug-likeness (QED) is 0.766. The van der Waals surface area contributed by atoms with Crippen molar-refractivity contribution in [1.29, 1.82) is 0 Å². The molecule has 1 saturated heterocycles. The molecule has 0 aromatic rings. The van der Waals surface area contributed by atoms with Crippen molar-refractivity contribution in [3.8, 4) is 0 Å². The molecule has 1 aliphatic heterocycles. The van der Waals surface area contributed by atoms with E-state index in [1.165, 1.54) is 0 Å². The van der Waals surface area contributed by atoms with Gasteiger partial charge in [-0.2, -0.15) is 13.2 Å². The highest BCUT2D eigenvalue weighted by atomic mass is 19.4. The third-order valence-corrected chi connectivity index (χ3v) is 2.54. The maximum absolute atomic E-state index is 11.9. The second-order valence-electron chi connectivity index (χ2n) is 4.19. The highest BCUT2D eigenvalue weighted by Gasteiger charge is 2.39. The second kappa shape index (κ2) is 4.06. The van der Waals surface area contributed by atoms with Gasteiger partial charge in [-0.15, -0.1) is 0 Å². The van der Waals surface area contributed by atoms with Crippen molar-refractivity contribution in [2.75, 3.05) is 19.6 Å². The molecule has 2 nitrogen and oxygen atoms in total. The molecule has 14 heavy (non-hydrogen) atoms. The third-order valence-electron chi connectivity index (χ3n) is 2.54. The average molecular weight is 210 g/mol. The van der Waals surface area contributed by atoms with E-state index in [1.54, 1.807) is 4.90 Å². The number of nitrogens with two attached hydrogens (primary N) is 1. The first-order valence-electron chi connectivity index (χ1n) is 4.93. The molecule has 2 N–H and O–H groups in total.